The highest BCUT2D eigenvalue weighted by atomic mass is 16.6. The van der Waals surface area contributed by atoms with Gasteiger partial charge in [0.2, 0.25) is 11.6 Å². The predicted molar refractivity (Wildman–Crippen MR) is 76.6 cm³/mol. The number of rotatable bonds is 4. The maximum atomic E-state index is 12.0. The summed E-state index contributed by atoms with van der Waals surface area (Å²) in [5, 5.41) is 6.76. The van der Waals surface area contributed by atoms with Crippen molar-refractivity contribution >= 4 is 5.91 Å². The summed E-state index contributed by atoms with van der Waals surface area (Å²) in [6.45, 7) is 2.75. The molecule has 7 nitrogen and oxygen atoms in total. The molecule has 1 fully saturated rings. The van der Waals surface area contributed by atoms with Gasteiger partial charge in [0, 0.05) is 5.92 Å². The molecule has 0 saturated heterocycles. The Balaban J connectivity index is 1.55. The maximum absolute atomic E-state index is 12.0. The lowest BCUT2D eigenvalue weighted by atomic mass is 9.89. The van der Waals surface area contributed by atoms with E-state index in [1.807, 2.05) is 0 Å². The summed E-state index contributed by atoms with van der Waals surface area (Å²) < 4.78 is 15.8. The van der Waals surface area contributed by atoms with E-state index in [0.717, 1.165) is 18.7 Å². The fourth-order valence-electron chi connectivity index (χ4n) is 2.83. The van der Waals surface area contributed by atoms with Gasteiger partial charge in [0.15, 0.2) is 5.82 Å². The molecule has 1 aromatic rings. The lowest BCUT2D eigenvalue weighted by molar-refractivity contribution is -0.123. The number of carbonyl (C=O) groups excluding carboxylic acids is 1. The number of nitrogens with one attached hydrogen (secondary N) is 1. The highest BCUT2D eigenvalue weighted by Gasteiger charge is 2.22. The van der Waals surface area contributed by atoms with Crippen LogP contribution in [-0.2, 0) is 20.8 Å². The Bertz CT molecular complexity index is 561. The highest BCUT2D eigenvalue weighted by molar-refractivity contribution is 5.91. The van der Waals surface area contributed by atoms with Crippen LogP contribution in [-0.4, -0.2) is 29.3 Å². The molecule has 1 aliphatic heterocycles. The molecule has 1 N–H and O–H groups in total. The Morgan fingerprint density at radius 2 is 2.00 bits per heavy atom. The number of ether oxygens (including phenoxy) is 2. The molecule has 0 unspecified atom stereocenters. The highest BCUT2D eigenvalue weighted by Crippen LogP contribution is 2.30. The molecule has 0 bridgehead atoms. The normalized spacial score (nSPS) is 19.5. The third-order valence-electron chi connectivity index (χ3n) is 4.03. The first kappa shape index (κ1) is 14.9. The molecule has 7 heteroatoms. The summed E-state index contributed by atoms with van der Waals surface area (Å²) >= 11 is 0. The van der Waals surface area contributed by atoms with E-state index in [1.165, 1.54) is 19.3 Å². The van der Waals surface area contributed by atoms with Crippen molar-refractivity contribution in [1.82, 2.24) is 15.5 Å². The summed E-state index contributed by atoms with van der Waals surface area (Å²) in [5.41, 5.74) is 0. The molecule has 1 aliphatic carbocycles. The first-order valence-electron chi connectivity index (χ1n) is 7.81. The first-order chi connectivity index (χ1) is 10.7. The zero-order valence-electron chi connectivity index (χ0n) is 12.8. The number of allylic oxidation sites excluding steroid dienone is 1. The maximum Gasteiger partial charge on any atom is 0.290 e. The molecular formula is C15H21N3O4. The number of carbonyl (C=O) groups is 1. The SMILES string of the molecule is CC1=C(C(=O)NCc2nc(C3CCCCC3)no2)OCCO1. The summed E-state index contributed by atoms with van der Waals surface area (Å²) in [6, 6.07) is 0. The number of hydrogen-bond acceptors (Lipinski definition) is 6. The summed E-state index contributed by atoms with van der Waals surface area (Å²) in [7, 11) is 0. The van der Waals surface area contributed by atoms with Gasteiger partial charge in [0.1, 0.15) is 19.0 Å². The Hall–Kier alpha value is -2.05. The van der Waals surface area contributed by atoms with Crippen molar-refractivity contribution in [2.75, 3.05) is 13.2 Å². The van der Waals surface area contributed by atoms with Gasteiger partial charge in [0.05, 0.1) is 6.54 Å². The van der Waals surface area contributed by atoms with Crippen molar-refractivity contribution in [1.29, 1.82) is 0 Å². The first-order valence-corrected chi connectivity index (χ1v) is 7.81. The molecule has 2 aliphatic rings. The van der Waals surface area contributed by atoms with Crippen LogP contribution in [0.5, 0.6) is 0 Å². The second kappa shape index (κ2) is 6.81. The van der Waals surface area contributed by atoms with Crippen molar-refractivity contribution in [3.05, 3.63) is 23.2 Å². The minimum absolute atomic E-state index is 0.193. The van der Waals surface area contributed by atoms with Crippen LogP contribution in [0.15, 0.2) is 16.0 Å². The predicted octanol–water partition coefficient (Wildman–Crippen LogP) is 2.01. The van der Waals surface area contributed by atoms with Crippen LogP contribution in [0, 0.1) is 0 Å². The van der Waals surface area contributed by atoms with Crippen LogP contribution in [0.25, 0.3) is 0 Å². The molecule has 22 heavy (non-hydrogen) atoms. The lowest BCUT2D eigenvalue weighted by Gasteiger charge is -2.18. The summed E-state index contributed by atoms with van der Waals surface area (Å²) in [6.07, 6.45) is 5.95. The fourth-order valence-corrected chi connectivity index (χ4v) is 2.83. The monoisotopic (exact) mass is 307 g/mol. The fraction of sp³-hybridized carbons (Fsp3) is 0.667. The standard InChI is InChI=1S/C15H21N3O4/c1-10-13(21-8-7-20-10)15(19)16-9-12-17-14(18-22-12)11-5-3-2-4-6-11/h11H,2-9H2,1H3,(H,16,19). The van der Waals surface area contributed by atoms with Crippen LogP contribution in [0.1, 0.15) is 56.7 Å². The minimum atomic E-state index is -0.324. The van der Waals surface area contributed by atoms with Crippen molar-refractivity contribution in [2.45, 2.75) is 51.5 Å². The Morgan fingerprint density at radius 1 is 1.23 bits per heavy atom. The lowest BCUT2D eigenvalue weighted by Crippen LogP contribution is -2.29. The smallest absolute Gasteiger partial charge is 0.290 e. The third kappa shape index (κ3) is 3.40. The Kier molecular flexibility index (Phi) is 4.60. The molecular weight excluding hydrogens is 286 g/mol. The van der Waals surface area contributed by atoms with Crippen LogP contribution < -0.4 is 5.32 Å². The number of amides is 1. The van der Waals surface area contributed by atoms with E-state index in [1.54, 1.807) is 6.92 Å². The largest absolute Gasteiger partial charge is 0.491 e. The molecule has 0 spiro atoms. The Labute approximate surface area is 129 Å². The zero-order valence-corrected chi connectivity index (χ0v) is 12.8. The van der Waals surface area contributed by atoms with Gasteiger partial charge in [-0.3, -0.25) is 4.79 Å². The number of hydrogen-bond donors (Lipinski definition) is 1. The van der Waals surface area contributed by atoms with Crippen molar-refractivity contribution in [2.24, 2.45) is 0 Å². The van der Waals surface area contributed by atoms with Crippen molar-refractivity contribution in [3.63, 3.8) is 0 Å². The van der Waals surface area contributed by atoms with Gasteiger partial charge in [-0.1, -0.05) is 24.4 Å². The van der Waals surface area contributed by atoms with Crippen molar-refractivity contribution in [3.8, 4) is 0 Å². The van der Waals surface area contributed by atoms with E-state index in [-0.39, 0.29) is 18.2 Å². The third-order valence-corrected chi connectivity index (χ3v) is 4.03. The molecule has 1 amide bonds. The van der Waals surface area contributed by atoms with Gasteiger partial charge in [-0.15, -0.1) is 0 Å². The molecule has 1 aromatic heterocycles. The molecule has 120 valence electrons. The second-order valence-electron chi connectivity index (χ2n) is 5.65. The molecule has 0 aromatic carbocycles. The average Bonchev–Trinajstić information content (AvgIpc) is 3.03. The van der Waals surface area contributed by atoms with Gasteiger partial charge in [-0.25, -0.2) is 0 Å². The molecule has 3 rings (SSSR count). The second-order valence-corrected chi connectivity index (χ2v) is 5.65. The molecule has 0 radical (unpaired) electrons. The van der Waals surface area contributed by atoms with Gasteiger partial charge in [0.25, 0.3) is 5.91 Å². The quantitative estimate of drug-likeness (QED) is 0.915. The van der Waals surface area contributed by atoms with E-state index in [0.29, 0.717) is 30.8 Å². The van der Waals surface area contributed by atoms with Crippen LogP contribution in [0.3, 0.4) is 0 Å². The van der Waals surface area contributed by atoms with Crippen LogP contribution in [0.2, 0.25) is 0 Å². The Morgan fingerprint density at radius 3 is 2.77 bits per heavy atom. The van der Waals surface area contributed by atoms with Crippen LogP contribution >= 0.6 is 0 Å². The number of nitrogens with zero attached hydrogens (tertiary/aromatic N) is 2. The average molecular weight is 307 g/mol. The number of aromatic nitrogens is 2. The zero-order chi connectivity index (χ0) is 15.4. The molecule has 1 saturated carbocycles. The van der Waals surface area contributed by atoms with E-state index in [9.17, 15) is 4.79 Å². The van der Waals surface area contributed by atoms with Crippen molar-refractivity contribution < 1.29 is 18.8 Å². The van der Waals surface area contributed by atoms with Crippen LogP contribution in [0.4, 0.5) is 0 Å². The molecule has 0 atom stereocenters. The molecule has 2 heterocycles. The minimum Gasteiger partial charge on any atom is -0.491 e. The topological polar surface area (TPSA) is 86.5 Å². The van der Waals surface area contributed by atoms with Gasteiger partial charge < -0.3 is 19.3 Å². The summed E-state index contributed by atoms with van der Waals surface area (Å²) in [4.78, 5) is 16.4. The summed E-state index contributed by atoms with van der Waals surface area (Å²) in [5.74, 6) is 1.97. The van der Waals surface area contributed by atoms with Gasteiger partial charge >= 0.3 is 0 Å². The van der Waals surface area contributed by atoms with Gasteiger partial charge in [-0.05, 0) is 19.8 Å². The van der Waals surface area contributed by atoms with E-state index < -0.39 is 0 Å². The van der Waals surface area contributed by atoms with Gasteiger partial charge in [-0.2, -0.15) is 4.98 Å². The van der Waals surface area contributed by atoms with E-state index in [4.69, 9.17) is 14.0 Å². The van der Waals surface area contributed by atoms with E-state index in [2.05, 4.69) is 15.5 Å². The van der Waals surface area contributed by atoms with E-state index >= 15 is 0 Å².